The summed E-state index contributed by atoms with van der Waals surface area (Å²) in [6.45, 7) is 1.97. The van der Waals surface area contributed by atoms with E-state index in [1.165, 1.54) is 0 Å². The summed E-state index contributed by atoms with van der Waals surface area (Å²) < 4.78 is 5.28. The molecule has 0 aromatic carbocycles. The first-order valence-corrected chi connectivity index (χ1v) is 5.30. The van der Waals surface area contributed by atoms with Gasteiger partial charge in [0.2, 0.25) is 5.91 Å². The van der Waals surface area contributed by atoms with Gasteiger partial charge in [0.1, 0.15) is 0 Å². The lowest BCUT2D eigenvalue weighted by Crippen LogP contribution is -2.50. The van der Waals surface area contributed by atoms with Crippen molar-refractivity contribution in [3.8, 4) is 0 Å². The number of nitrogens with zero attached hydrogens (tertiary/aromatic N) is 1. The van der Waals surface area contributed by atoms with Gasteiger partial charge in [0.25, 0.3) is 0 Å². The van der Waals surface area contributed by atoms with Crippen LogP contribution in [0.5, 0.6) is 0 Å². The fraction of sp³-hybridized carbons (Fsp3) is 0.889. The van der Waals surface area contributed by atoms with Crippen molar-refractivity contribution < 1.29 is 9.53 Å². The van der Waals surface area contributed by atoms with E-state index >= 15 is 0 Å². The zero-order chi connectivity index (χ0) is 9.26. The van der Waals surface area contributed by atoms with E-state index in [0.717, 1.165) is 12.8 Å². The Morgan fingerprint density at radius 3 is 2.92 bits per heavy atom. The molecule has 0 bridgehead atoms. The first kappa shape index (κ1) is 9.28. The van der Waals surface area contributed by atoms with Crippen molar-refractivity contribution in [3.63, 3.8) is 0 Å². The third kappa shape index (κ3) is 1.97. The highest BCUT2D eigenvalue weighted by Gasteiger charge is 2.37. The molecule has 0 radical (unpaired) electrons. The fourth-order valence-electron chi connectivity index (χ4n) is 1.64. The number of hydrogen-bond acceptors (Lipinski definition) is 2. The van der Waals surface area contributed by atoms with Crippen LogP contribution in [0.25, 0.3) is 0 Å². The zero-order valence-electron chi connectivity index (χ0n) is 7.54. The van der Waals surface area contributed by atoms with Crippen LogP contribution in [-0.4, -0.2) is 42.5 Å². The van der Waals surface area contributed by atoms with Gasteiger partial charge in [0.15, 0.2) is 0 Å². The Morgan fingerprint density at radius 1 is 1.54 bits per heavy atom. The van der Waals surface area contributed by atoms with Crippen LogP contribution in [0.15, 0.2) is 0 Å². The number of morpholine rings is 1. The molecule has 2 fully saturated rings. The molecule has 1 unspecified atom stereocenters. The van der Waals surface area contributed by atoms with Crippen LogP contribution in [0.2, 0.25) is 0 Å². The highest BCUT2D eigenvalue weighted by Crippen LogP contribution is 2.32. The molecule has 1 atom stereocenters. The van der Waals surface area contributed by atoms with Crippen LogP contribution in [0.3, 0.4) is 0 Å². The molecule has 1 heterocycles. The zero-order valence-corrected chi connectivity index (χ0v) is 8.29. The minimum Gasteiger partial charge on any atom is -0.377 e. The van der Waals surface area contributed by atoms with Gasteiger partial charge in [-0.25, -0.2) is 0 Å². The van der Waals surface area contributed by atoms with Crippen molar-refractivity contribution in [2.24, 2.45) is 5.92 Å². The van der Waals surface area contributed by atoms with E-state index in [9.17, 15) is 4.79 Å². The number of amides is 1. The normalized spacial score (nSPS) is 29.0. The number of carbonyl (C=O) groups excluding carboxylic acids is 1. The third-order valence-electron chi connectivity index (χ3n) is 2.62. The maximum Gasteiger partial charge on any atom is 0.226 e. The van der Waals surface area contributed by atoms with Crippen molar-refractivity contribution in [3.05, 3.63) is 0 Å². The second-order valence-corrected chi connectivity index (χ2v) is 4.00. The summed E-state index contributed by atoms with van der Waals surface area (Å²) in [6.07, 6.45) is 2.12. The monoisotopic (exact) mass is 203 g/mol. The Morgan fingerprint density at radius 2 is 2.31 bits per heavy atom. The summed E-state index contributed by atoms with van der Waals surface area (Å²) in [5, 5.41) is 0. The van der Waals surface area contributed by atoms with Gasteiger partial charge in [0.05, 0.1) is 19.3 Å². The SMILES string of the molecule is O=C(C1CC1)N1CCOCC1CCl. The van der Waals surface area contributed by atoms with Gasteiger partial charge in [-0.3, -0.25) is 4.79 Å². The van der Waals surface area contributed by atoms with E-state index in [0.29, 0.717) is 31.6 Å². The molecule has 0 spiro atoms. The predicted octanol–water partition coefficient (Wildman–Crippen LogP) is 0.863. The molecule has 1 saturated heterocycles. The molecular weight excluding hydrogens is 190 g/mol. The number of hydrogen-bond donors (Lipinski definition) is 0. The number of alkyl halides is 1. The van der Waals surface area contributed by atoms with E-state index < -0.39 is 0 Å². The fourth-order valence-corrected chi connectivity index (χ4v) is 1.89. The van der Waals surface area contributed by atoms with Crippen molar-refractivity contribution in [1.29, 1.82) is 0 Å². The summed E-state index contributed by atoms with van der Waals surface area (Å²) in [5.41, 5.74) is 0. The molecule has 1 amide bonds. The highest BCUT2D eigenvalue weighted by molar-refractivity contribution is 6.18. The Balaban J connectivity index is 1.96. The van der Waals surface area contributed by atoms with Gasteiger partial charge in [-0.15, -0.1) is 11.6 Å². The van der Waals surface area contributed by atoms with E-state index in [1.54, 1.807) is 0 Å². The Labute approximate surface area is 83.0 Å². The summed E-state index contributed by atoms with van der Waals surface area (Å²) >= 11 is 5.77. The van der Waals surface area contributed by atoms with Crippen molar-refractivity contribution in [2.45, 2.75) is 18.9 Å². The van der Waals surface area contributed by atoms with Gasteiger partial charge in [-0.05, 0) is 12.8 Å². The second-order valence-electron chi connectivity index (χ2n) is 3.69. The number of carbonyl (C=O) groups is 1. The van der Waals surface area contributed by atoms with Crippen LogP contribution in [0.4, 0.5) is 0 Å². The lowest BCUT2D eigenvalue weighted by atomic mass is 10.2. The molecule has 0 aromatic rings. The van der Waals surface area contributed by atoms with E-state index in [4.69, 9.17) is 16.3 Å². The summed E-state index contributed by atoms with van der Waals surface area (Å²) in [4.78, 5) is 13.6. The van der Waals surface area contributed by atoms with Crippen LogP contribution in [0.1, 0.15) is 12.8 Å². The average molecular weight is 204 g/mol. The maximum absolute atomic E-state index is 11.7. The van der Waals surface area contributed by atoms with Crippen LogP contribution in [-0.2, 0) is 9.53 Å². The summed E-state index contributed by atoms with van der Waals surface area (Å²) in [5.74, 6) is 1.07. The lowest BCUT2D eigenvalue weighted by Gasteiger charge is -2.34. The molecule has 0 N–H and O–H groups in total. The Hall–Kier alpha value is -0.280. The molecular formula is C9H14ClNO2. The summed E-state index contributed by atoms with van der Waals surface area (Å²) in [7, 11) is 0. The van der Waals surface area contributed by atoms with E-state index in [1.807, 2.05) is 4.90 Å². The third-order valence-corrected chi connectivity index (χ3v) is 2.97. The molecule has 1 saturated carbocycles. The summed E-state index contributed by atoms with van der Waals surface area (Å²) in [6, 6.07) is 0.100. The van der Waals surface area contributed by atoms with E-state index in [-0.39, 0.29) is 11.9 Å². The van der Waals surface area contributed by atoms with Crippen LogP contribution >= 0.6 is 11.6 Å². The molecule has 74 valence electrons. The lowest BCUT2D eigenvalue weighted by molar-refractivity contribution is -0.140. The largest absolute Gasteiger partial charge is 0.377 e. The standard InChI is InChI=1S/C9H14ClNO2/c10-5-8-6-13-4-3-11(8)9(12)7-1-2-7/h7-8H,1-6H2. The smallest absolute Gasteiger partial charge is 0.226 e. The average Bonchev–Trinajstić information content (AvgIpc) is 3.00. The Bertz CT molecular complexity index is 206. The first-order valence-electron chi connectivity index (χ1n) is 4.77. The highest BCUT2D eigenvalue weighted by atomic mass is 35.5. The topological polar surface area (TPSA) is 29.5 Å². The van der Waals surface area contributed by atoms with Crippen LogP contribution < -0.4 is 0 Å². The molecule has 4 heteroatoms. The maximum atomic E-state index is 11.7. The second kappa shape index (κ2) is 3.84. The number of halogens is 1. The van der Waals surface area contributed by atoms with Crippen LogP contribution in [0, 0.1) is 5.92 Å². The van der Waals surface area contributed by atoms with Gasteiger partial charge >= 0.3 is 0 Å². The molecule has 2 rings (SSSR count). The molecule has 1 aliphatic heterocycles. The molecule has 1 aliphatic carbocycles. The van der Waals surface area contributed by atoms with Gasteiger partial charge < -0.3 is 9.64 Å². The minimum absolute atomic E-state index is 0.100. The number of rotatable bonds is 2. The van der Waals surface area contributed by atoms with Crippen molar-refractivity contribution in [2.75, 3.05) is 25.6 Å². The first-order chi connectivity index (χ1) is 6.33. The van der Waals surface area contributed by atoms with Gasteiger partial charge in [0, 0.05) is 18.3 Å². The van der Waals surface area contributed by atoms with Crippen molar-refractivity contribution in [1.82, 2.24) is 4.90 Å². The molecule has 3 nitrogen and oxygen atoms in total. The number of ether oxygens (including phenoxy) is 1. The Kier molecular flexibility index (Phi) is 2.74. The molecule has 2 aliphatic rings. The quantitative estimate of drug-likeness (QED) is 0.624. The van der Waals surface area contributed by atoms with E-state index in [2.05, 4.69) is 0 Å². The minimum atomic E-state index is 0.100. The predicted molar refractivity (Wildman–Crippen MR) is 49.8 cm³/mol. The van der Waals surface area contributed by atoms with Crippen molar-refractivity contribution >= 4 is 17.5 Å². The van der Waals surface area contributed by atoms with Gasteiger partial charge in [-0.2, -0.15) is 0 Å². The molecule has 0 aromatic heterocycles. The van der Waals surface area contributed by atoms with Gasteiger partial charge in [-0.1, -0.05) is 0 Å². The molecule has 13 heavy (non-hydrogen) atoms.